The molecule has 0 aliphatic heterocycles. The maximum absolute atomic E-state index is 9.90. The summed E-state index contributed by atoms with van der Waals surface area (Å²) in [5.74, 6) is 0. The van der Waals surface area contributed by atoms with Gasteiger partial charge in [0.1, 0.15) is 0 Å². The first-order valence-electron chi connectivity index (χ1n) is 2.67. The third-order valence-corrected chi connectivity index (χ3v) is 0.500. The third-order valence-electron chi connectivity index (χ3n) is 0.500. The average Bonchev–Trinajstić information content (AvgIpc) is 1.61. The minimum absolute atomic E-state index is 1.32. The predicted octanol–water partition coefficient (Wildman–Crippen LogP) is 3.11. The number of halogens is 4. The summed E-state index contributed by atoms with van der Waals surface area (Å²) >= 11 is -7.18. The van der Waals surface area contributed by atoms with E-state index in [1.807, 2.05) is 0 Å². The number of hydrogen-bond acceptors (Lipinski definition) is 0. The SMILES string of the molecule is CCCC.[F][Sn]([F])([F])[F]. The van der Waals surface area contributed by atoms with Gasteiger partial charge >= 0.3 is 32.1 Å². The van der Waals surface area contributed by atoms with Crippen molar-refractivity contribution in [3.05, 3.63) is 0 Å². The molecule has 0 fully saturated rings. The van der Waals surface area contributed by atoms with E-state index in [-0.39, 0.29) is 0 Å². The first-order chi connectivity index (χ1) is 3.91. The molecule has 0 aromatic heterocycles. The van der Waals surface area contributed by atoms with Crippen LogP contribution in [0.3, 0.4) is 0 Å². The zero-order valence-electron chi connectivity index (χ0n) is 5.43. The van der Waals surface area contributed by atoms with E-state index >= 15 is 0 Å². The van der Waals surface area contributed by atoms with Gasteiger partial charge in [0.2, 0.25) is 0 Å². The summed E-state index contributed by atoms with van der Waals surface area (Å²) in [4.78, 5) is 0. The molecule has 0 bridgehead atoms. The first kappa shape index (κ1) is 12.2. The molecule has 58 valence electrons. The van der Waals surface area contributed by atoms with E-state index in [9.17, 15) is 11.5 Å². The van der Waals surface area contributed by atoms with E-state index in [2.05, 4.69) is 13.8 Å². The summed E-state index contributed by atoms with van der Waals surface area (Å²) in [7, 11) is 0. The second kappa shape index (κ2) is 6.64. The Morgan fingerprint density at radius 2 is 1.00 bits per heavy atom. The molecule has 0 N–H and O–H groups in total. The summed E-state index contributed by atoms with van der Waals surface area (Å²) in [5.41, 5.74) is 0. The Balaban J connectivity index is 0. The van der Waals surface area contributed by atoms with Gasteiger partial charge in [0.25, 0.3) is 0 Å². The number of unbranched alkanes of at least 4 members (excludes halogenated alkanes) is 1. The molecule has 0 aromatic carbocycles. The molecule has 9 heavy (non-hydrogen) atoms. The molecule has 0 saturated carbocycles. The van der Waals surface area contributed by atoms with Gasteiger partial charge in [-0.05, 0) is 0 Å². The molecular formula is C4H10F4Sn. The molecule has 0 spiro atoms. The van der Waals surface area contributed by atoms with Crippen LogP contribution in [0.15, 0.2) is 0 Å². The van der Waals surface area contributed by atoms with Crippen LogP contribution >= 0.6 is 0 Å². The van der Waals surface area contributed by atoms with Crippen molar-refractivity contribution in [3.8, 4) is 0 Å². The molecular weight excluding hydrogens is 243 g/mol. The van der Waals surface area contributed by atoms with Crippen LogP contribution in [0.1, 0.15) is 26.7 Å². The molecule has 0 unspecified atom stereocenters. The molecule has 0 heterocycles. The van der Waals surface area contributed by atoms with Gasteiger partial charge < -0.3 is 0 Å². The second-order valence-electron chi connectivity index (χ2n) is 1.43. The van der Waals surface area contributed by atoms with Crippen LogP contribution in [0.4, 0.5) is 11.5 Å². The van der Waals surface area contributed by atoms with Gasteiger partial charge in [-0.3, -0.25) is 0 Å². The summed E-state index contributed by atoms with van der Waals surface area (Å²) in [6.07, 6.45) is 2.64. The van der Waals surface area contributed by atoms with Gasteiger partial charge in [-0.1, -0.05) is 26.7 Å². The summed E-state index contributed by atoms with van der Waals surface area (Å²) in [6, 6.07) is 0. The molecule has 0 amide bonds. The Bertz CT molecular complexity index is 43.0. The molecule has 0 aliphatic rings. The summed E-state index contributed by atoms with van der Waals surface area (Å²) in [5, 5.41) is 0. The normalized spacial score (nSPS) is 10.0. The molecule has 0 saturated heterocycles. The Morgan fingerprint density at radius 1 is 0.889 bits per heavy atom. The van der Waals surface area contributed by atoms with Gasteiger partial charge in [0.05, 0.1) is 0 Å². The standard InChI is InChI=1S/C4H10.4FH.Sn/c1-3-4-2;;;;;/h3-4H2,1-2H3;4*1H;/q;;;;;+4/p-4. The van der Waals surface area contributed by atoms with E-state index in [1.54, 1.807) is 0 Å². The van der Waals surface area contributed by atoms with Crippen molar-refractivity contribution in [1.29, 1.82) is 0 Å². The van der Waals surface area contributed by atoms with Gasteiger partial charge in [0, 0.05) is 0 Å². The minimum atomic E-state index is -7.18. The van der Waals surface area contributed by atoms with Crippen molar-refractivity contribution in [2.24, 2.45) is 0 Å². The molecule has 0 atom stereocenters. The summed E-state index contributed by atoms with van der Waals surface area (Å²) < 4.78 is 39.6. The third kappa shape index (κ3) is 157. The predicted molar refractivity (Wildman–Crippen MR) is 30.8 cm³/mol. The zero-order chi connectivity index (χ0) is 7.91. The Morgan fingerprint density at radius 3 is 1.00 bits per heavy atom. The van der Waals surface area contributed by atoms with Crippen molar-refractivity contribution in [3.63, 3.8) is 0 Å². The van der Waals surface area contributed by atoms with Crippen LogP contribution in [-0.4, -0.2) is 20.7 Å². The Hall–Kier alpha value is 0.519. The first-order valence-corrected chi connectivity index (χ1v) is 6.99. The van der Waals surface area contributed by atoms with Gasteiger partial charge in [-0.2, -0.15) is 0 Å². The Kier molecular flexibility index (Phi) is 9.01. The van der Waals surface area contributed by atoms with E-state index < -0.39 is 20.7 Å². The fourth-order valence-corrected chi connectivity index (χ4v) is 0. The van der Waals surface area contributed by atoms with Gasteiger partial charge in [0.15, 0.2) is 0 Å². The van der Waals surface area contributed by atoms with Crippen LogP contribution in [-0.2, 0) is 0 Å². The van der Waals surface area contributed by atoms with Crippen LogP contribution in [0, 0.1) is 0 Å². The fraction of sp³-hybridized carbons (Fsp3) is 1.00. The molecule has 0 aromatic rings. The van der Waals surface area contributed by atoms with Gasteiger partial charge in [-0.15, -0.1) is 0 Å². The van der Waals surface area contributed by atoms with E-state index in [4.69, 9.17) is 0 Å². The summed E-state index contributed by atoms with van der Waals surface area (Å²) in [6.45, 7) is 4.36. The molecule has 5 heteroatoms. The maximum atomic E-state index is 9.90. The number of hydrogen-bond donors (Lipinski definition) is 0. The van der Waals surface area contributed by atoms with E-state index in [1.165, 1.54) is 12.8 Å². The fourth-order valence-electron chi connectivity index (χ4n) is 0. The monoisotopic (exact) mass is 254 g/mol. The molecule has 0 nitrogen and oxygen atoms in total. The molecule has 0 rings (SSSR count). The van der Waals surface area contributed by atoms with Crippen molar-refractivity contribution in [2.75, 3.05) is 0 Å². The van der Waals surface area contributed by atoms with Crippen molar-refractivity contribution in [2.45, 2.75) is 26.7 Å². The Labute approximate surface area is 59.2 Å². The van der Waals surface area contributed by atoms with Crippen molar-refractivity contribution in [1.82, 2.24) is 0 Å². The topological polar surface area (TPSA) is 0 Å². The zero-order valence-corrected chi connectivity index (χ0v) is 8.28. The van der Waals surface area contributed by atoms with Crippen LogP contribution in [0.2, 0.25) is 0 Å². The van der Waals surface area contributed by atoms with Gasteiger partial charge in [-0.25, -0.2) is 0 Å². The van der Waals surface area contributed by atoms with E-state index in [0.717, 1.165) is 0 Å². The van der Waals surface area contributed by atoms with Crippen LogP contribution < -0.4 is 0 Å². The molecule has 0 radical (unpaired) electrons. The second-order valence-corrected chi connectivity index (χ2v) is 3.87. The van der Waals surface area contributed by atoms with E-state index in [0.29, 0.717) is 0 Å². The number of rotatable bonds is 1. The van der Waals surface area contributed by atoms with Crippen LogP contribution in [0.5, 0.6) is 0 Å². The van der Waals surface area contributed by atoms with Crippen molar-refractivity contribution < 1.29 is 11.5 Å². The molecule has 0 aliphatic carbocycles. The van der Waals surface area contributed by atoms with Crippen molar-refractivity contribution >= 4 is 20.7 Å². The van der Waals surface area contributed by atoms with Crippen LogP contribution in [0.25, 0.3) is 0 Å². The quantitative estimate of drug-likeness (QED) is 0.497. The average molecular weight is 253 g/mol.